The molecule has 0 aromatic carbocycles. The fraction of sp³-hybridized carbons (Fsp3) is 0.417. The third kappa shape index (κ3) is 1.72. The molecule has 1 amide bonds. The third-order valence-electron chi connectivity index (χ3n) is 2.93. The molecule has 0 radical (unpaired) electrons. The van der Waals surface area contributed by atoms with Crippen molar-refractivity contribution >= 4 is 17.2 Å². The van der Waals surface area contributed by atoms with Gasteiger partial charge in [0.25, 0.3) is 0 Å². The van der Waals surface area contributed by atoms with E-state index >= 15 is 0 Å². The van der Waals surface area contributed by atoms with Crippen molar-refractivity contribution in [2.24, 2.45) is 0 Å². The van der Waals surface area contributed by atoms with Gasteiger partial charge < -0.3 is 4.90 Å². The van der Waals surface area contributed by atoms with Crippen LogP contribution in [-0.4, -0.2) is 16.3 Å². The molecule has 0 bridgehead atoms. The fourth-order valence-electron chi connectivity index (χ4n) is 2.07. The van der Waals surface area contributed by atoms with Crippen LogP contribution in [-0.2, 0) is 17.8 Å². The Hall–Kier alpha value is -1.09. The number of hydrogen-bond donors (Lipinski definition) is 0. The minimum atomic E-state index is -0.0979. The molecule has 15 heavy (non-hydrogen) atoms. The predicted octanol–water partition coefficient (Wildman–Crippen LogP) is 2.60. The molecule has 1 aliphatic heterocycles. The van der Waals surface area contributed by atoms with E-state index in [0.717, 1.165) is 13.0 Å². The topological polar surface area (TPSA) is 20.3 Å². The van der Waals surface area contributed by atoms with Crippen LogP contribution in [0.2, 0.25) is 0 Å². The van der Waals surface area contributed by atoms with Gasteiger partial charge in [-0.25, -0.2) is 0 Å². The highest BCUT2D eigenvalue weighted by atomic mass is 32.1. The summed E-state index contributed by atoms with van der Waals surface area (Å²) in [6.07, 6.45) is 2.34. The number of carbonyl (C=O) groups excluding carboxylic acids is 1. The fourth-order valence-corrected chi connectivity index (χ4v) is 2.96. The molecule has 3 heteroatoms. The quantitative estimate of drug-likeness (QED) is 0.667. The number of rotatable bonds is 1. The molecule has 2 rings (SSSR count). The first kappa shape index (κ1) is 10.4. The minimum Gasteiger partial charge on any atom is -0.329 e. The number of carbonyl (C=O) groups is 1. The zero-order valence-electron chi connectivity index (χ0n) is 9.12. The van der Waals surface area contributed by atoms with Crippen molar-refractivity contribution in [1.29, 1.82) is 0 Å². The number of amides is 1. The Morgan fingerprint density at radius 2 is 2.40 bits per heavy atom. The molecule has 1 aromatic rings. The van der Waals surface area contributed by atoms with Crippen molar-refractivity contribution in [3.8, 4) is 0 Å². The molecule has 1 aromatic heterocycles. The maximum absolute atomic E-state index is 11.7. The van der Waals surface area contributed by atoms with E-state index in [1.807, 2.05) is 4.90 Å². The first-order valence-electron chi connectivity index (χ1n) is 5.04. The van der Waals surface area contributed by atoms with Crippen LogP contribution in [0.5, 0.6) is 0 Å². The average Bonchev–Trinajstić information content (AvgIpc) is 2.60. The van der Waals surface area contributed by atoms with E-state index < -0.39 is 0 Å². The van der Waals surface area contributed by atoms with E-state index in [1.54, 1.807) is 11.3 Å². The van der Waals surface area contributed by atoms with Gasteiger partial charge in [0.05, 0.1) is 6.54 Å². The zero-order valence-corrected chi connectivity index (χ0v) is 9.93. The number of nitrogens with zero attached hydrogens (tertiary/aromatic N) is 1. The molecular formula is C12H15NOS. The monoisotopic (exact) mass is 221 g/mol. The maximum Gasteiger partial charge on any atom is 0.246 e. The van der Waals surface area contributed by atoms with Gasteiger partial charge in [-0.3, -0.25) is 4.79 Å². The second-order valence-electron chi connectivity index (χ2n) is 4.49. The lowest BCUT2D eigenvalue weighted by molar-refractivity contribution is -0.132. The SMILES string of the molecule is C=CC(=O)N1Cc2sccc2CC1(C)C. The highest BCUT2D eigenvalue weighted by Gasteiger charge is 2.35. The standard InChI is InChI=1S/C12H15NOS/c1-4-11(14)13-8-10-9(5-6-15-10)7-12(13,2)3/h4-6H,1,7-8H2,2-3H3. The van der Waals surface area contributed by atoms with E-state index in [4.69, 9.17) is 0 Å². The summed E-state index contributed by atoms with van der Waals surface area (Å²) in [6.45, 7) is 8.50. The average molecular weight is 221 g/mol. The lowest BCUT2D eigenvalue weighted by Crippen LogP contribution is -2.50. The van der Waals surface area contributed by atoms with Crippen molar-refractivity contribution in [3.05, 3.63) is 34.5 Å². The van der Waals surface area contributed by atoms with Crippen LogP contribution < -0.4 is 0 Å². The molecule has 2 heterocycles. The van der Waals surface area contributed by atoms with Gasteiger partial charge in [-0.05, 0) is 43.4 Å². The highest BCUT2D eigenvalue weighted by Crippen LogP contribution is 2.33. The van der Waals surface area contributed by atoms with Crippen molar-refractivity contribution in [2.45, 2.75) is 32.4 Å². The van der Waals surface area contributed by atoms with Gasteiger partial charge >= 0.3 is 0 Å². The Morgan fingerprint density at radius 1 is 1.67 bits per heavy atom. The van der Waals surface area contributed by atoms with Crippen molar-refractivity contribution in [2.75, 3.05) is 0 Å². The van der Waals surface area contributed by atoms with E-state index in [-0.39, 0.29) is 11.4 Å². The Kier molecular flexibility index (Phi) is 2.43. The van der Waals surface area contributed by atoms with Gasteiger partial charge in [-0.1, -0.05) is 6.58 Å². The van der Waals surface area contributed by atoms with Gasteiger partial charge in [0.15, 0.2) is 0 Å². The van der Waals surface area contributed by atoms with Crippen LogP contribution >= 0.6 is 11.3 Å². The van der Waals surface area contributed by atoms with Gasteiger partial charge in [-0.2, -0.15) is 0 Å². The van der Waals surface area contributed by atoms with Crippen LogP contribution in [0.3, 0.4) is 0 Å². The van der Waals surface area contributed by atoms with Gasteiger partial charge in [0.2, 0.25) is 5.91 Å². The van der Waals surface area contributed by atoms with Crippen LogP contribution in [0, 0.1) is 0 Å². The van der Waals surface area contributed by atoms with Gasteiger partial charge in [0, 0.05) is 10.4 Å². The number of thiophene rings is 1. The second-order valence-corrected chi connectivity index (χ2v) is 5.49. The number of hydrogen-bond acceptors (Lipinski definition) is 2. The van der Waals surface area contributed by atoms with E-state index in [2.05, 4.69) is 31.9 Å². The van der Waals surface area contributed by atoms with Crippen LogP contribution in [0.15, 0.2) is 24.1 Å². The molecule has 0 aliphatic carbocycles. The summed E-state index contributed by atoms with van der Waals surface area (Å²) in [5.41, 5.74) is 1.29. The Balaban J connectivity index is 2.35. The normalized spacial score (nSPS) is 18.4. The largest absolute Gasteiger partial charge is 0.329 e. The zero-order chi connectivity index (χ0) is 11.1. The molecule has 0 fully saturated rings. The predicted molar refractivity (Wildman–Crippen MR) is 62.8 cm³/mol. The Bertz CT molecular complexity index is 406. The number of fused-ring (bicyclic) bond motifs is 1. The van der Waals surface area contributed by atoms with Crippen molar-refractivity contribution in [3.63, 3.8) is 0 Å². The molecule has 0 atom stereocenters. The Morgan fingerprint density at radius 3 is 3.07 bits per heavy atom. The Labute approximate surface area is 94.2 Å². The molecule has 0 N–H and O–H groups in total. The van der Waals surface area contributed by atoms with Gasteiger partial charge in [-0.15, -0.1) is 11.3 Å². The summed E-state index contributed by atoms with van der Waals surface area (Å²) >= 11 is 1.73. The summed E-state index contributed by atoms with van der Waals surface area (Å²) in [7, 11) is 0. The first-order chi connectivity index (χ1) is 7.04. The highest BCUT2D eigenvalue weighted by molar-refractivity contribution is 7.10. The molecule has 0 spiro atoms. The van der Waals surface area contributed by atoms with Gasteiger partial charge in [0.1, 0.15) is 0 Å². The van der Waals surface area contributed by atoms with Crippen molar-refractivity contribution < 1.29 is 4.79 Å². The van der Waals surface area contributed by atoms with E-state index in [0.29, 0.717) is 0 Å². The molecule has 0 unspecified atom stereocenters. The summed E-state index contributed by atoms with van der Waals surface area (Å²) in [5, 5.41) is 2.10. The van der Waals surface area contributed by atoms with E-state index in [1.165, 1.54) is 16.5 Å². The molecule has 80 valence electrons. The second kappa shape index (κ2) is 3.49. The summed E-state index contributed by atoms with van der Waals surface area (Å²) in [4.78, 5) is 14.9. The third-order valence-corrected chi connectivity index (χ3v) is 3.88. The molecule has 1 aliphatic rings. The molecule has 0 saturated heterocycles. The minimum absolute atomic E-state index is 0.0269. The summed E-state index contributed by atoms with van der Waals surface area (Å²) in [6, 6.07) is 2.16. The van der Waals surface area contributed by atoms with Crippen LogP contribution in [0.1, 0.15) is 24.3 Å². The lowest BCUT2D eigenvalue weighted by atomic mass is 9.89. The molecule has 0 saturated carbocycles. The summed E-state index contributed by atoms with van der Waals surface area (Å²) < 4.78 is 0. The lowest BCUT2D eigenvalue weighted by Gasteiger charge is -2.41. The molecular weight excluding hydrogens is 206 g/mol. The maximum atomic E-state index is 11.7. The van der Waals surface area contributed by atoms with E-state index in [9.17, 15) is 4.79 Å². The smallest absolute Gasteiger partial charge is 0.246 e. The van der Waals surface area contributed by atoms with Crippen molar-refractivity contribution in [1.82, 2.24) is 4.90 Å². The summed E-state index contributed by atoms with van der Waals surface area (Å²) in [5.74, 6) is 0.0269. The van der Waals surface area contributed by atoms with Crippen LogP contribution in [0.4, 0.5) is 0 Å². The molecule has 2 nitrogen and oxygen atoms in total. The first-order valence-corrected chi connectivity index (χ1v) is 5.92. The van der Waals surface area contributed by atoms with Crippen LogP contribution in [0.25, 0.3) is 0 Å².